The lowest BCUT2D eigenvalue weighted by atomic mass is 10.1. The van der Waals surface area contributed by atoms with Crippen molar-refractivity contribution in [1.29, 1.82) is 0 Å². The van der Waals surface area contributed by atoms with Crippen LogP contribution in [0.25, 0.3) is 22.0 Å². The molecule has 0 fully saturated rings. The number of thiazole rings is 1. The third-order valence-corrected chi connectivity index (χ3v) is 4.11. The summed E-state index contributed by atoms with van der Waals surface area (Å²) in [6.45, 7) is 2.03. The lowest BCUT2D eigenvalue weighted by molar-refractivity contribution is 0.0958. The van der Waals surface area contributed by atoms with E-state index in [1.807, 2.05) is 36.7 Å². The Hall–Kier alpha value is -2.60. The fourth-order valence-corrected chi connectivity index (χ4v) is 2.84. The molecule has 3 aromatic heterocycles. The van der Waals surface area contributed by atoms with Gasteiger partial charge in [-0.3, -0.25) is 9.78 Å². The van der Waals surface area contributed by atoms with Crippen molar-refractivity contribution in [3.63, 3.8) is 0 Å². The summed E-state index contributed by atoms with van der Waals surface area (Å²) < 4.78 is 0. The van der Waals surface area contributed by atoms with E-state index in [4.69, 9.17) is 0 Å². The number of aromatic nitrogens is 3. The molecule has 3 heterocycles. The van der Waals surface area contributed by atoms with Crippen LogP contribution >= 0.6 is 11.3 Å². The van der Waals surface area contributed by atoms with Crippen LogP contribution in [0.2, 0.25) is 0 Å². The average Bonchev–Trinajstić information content (AvgIpc) is 3.04. The normalized spacial score (nSPS) is 10.5. The minimum Gasteiger partial charge on any atom is -0.354 e. The number of hydrogen-bond donors (Lipinski definition) is 1. The van der Waals surface area contributed by atoms with Crippen molar-refractivity contribution >= 4 is 17.2 Å². The van der Waals surface area contributed by atoms with Crippen molar-refractivity contribution in [3.05, 3.63) is 53.3 Å². The number of hydrogen-bond acceptors (Lipinski definition) is 5. The van der Waals surface area contributed by atoms with Crippen LogP contribution in [0.15, 0.2) is 42.0 Å². The maximum atomic E-state index is 11.7. The zero-order valence-electron chi connectivity index (χ0n) is 12.2. The molecule has 1 N–H and O–H groups in total. The summed E-state index contributed by atoms with van der Waals surface area (Å²) in [4.78, 5) is 24.8. The van der Waals surface area contributed by atoms with Crippen molar-refractivity contribution in [2.24, 2.45) is 0 Å². The molecular formula is C16H14N4OS. The quantitative estimate of drug-likeness (QED) is 0.807. The van der Waals surface area contributed by atoms with Gasteiger partial charge in [0.15, 0.2) is 0 Å². The van der Waals surface area contributed by atoms with Crippen LogP contribution in [0, 0.1) is 6.92 Å². The Morgan fingerprint density at radius 1 is 1.18 bits per heavy atom. The molecule has 0 radical (unpaired) electrons. The van der Waals surface area contributed by atoms with Crippen LogP contribution in [0.1, 0.15) is 16.1 Å². The number of pyridine rings is 2. The molecule has 1 amide bonds. The number of aryl methyl sites for hydroxylation is 1. The maximum absolute atomic E-state index is 11.7. The number of nitrogens with zero attached hydrogens (tertiary/aromatic N) is 3. The highest BCUT2D eigenvalue weighted by Crippen LogP contribution is 2.29. The molecule has 110 valence electrons. The first-order valence-electron chi connectivity index (χ1n) is 6.75. The van der Waals surface area contributed by atoms with Gasteiger partial charge in [0.1, 0.15) is 10.7 Å². The van der Waals surface area contributed by atoms with Crippen molar-refractivity contribution in [2.45, 2.75) is 6.92 Å². The molecule has 5 nitrogen and oxygen atoms in total. The molecule has 0 saturated heterocycles. The van der Waals surface area contributed by atoms with Crippen LogP contribution in [-0.4, -0.2) is 27.9 Å². The van der Waals surface area contributed by atoms with E-state index in [0.717, 1.165) is 21.8 Å². The van der Waals surface area contributed by atoms with Crippen LogP contribution in [0.3, 0.4) is 0 Å². The first kappa shape index (κ1) is 14.3. The number of carbonyl (C=O) groups is 1. The molecule has 3 aromatic rings. The highest BCUT2D eigenvalue weighted by Gasteiger charge is 2.12. The van der Waals surface area contributed by atoms with Crippen molar-refractivity contribution in [1.82, 2.24) is 20.3 Å². The van der Waals surface area contributed by atoms with E-state index in [-0.39, 0.29) is 5.91 Å². The largest absolute Gasteiger partial charge is 0.354 e. The lowest BCUT2D eigenvalue weighted by Crippen LogP contribution is -2.19. The van der Waals surface area contributed by atoms with Gasteiger partial charge in [0.2, 0.25) is 0 Å². The lowest BCUT2D eigenvalue weighted by Gasteiger charge is -2.02. The van der Waals surface area contributed by atoms with Crippen LogP contribution in [-0.2, 0) is 0 Å². The Bertz CT molecular complexity index is 828. The summed E-state index contributed by atoms with van der Waals surface area (Å²) in [5.41, 5.74) is 4.08. The van der Waals surface area contributed by atoms with Crippen LogP contribution in [0.5, 0.6) is 0 Å². The van der Waals surface area contributed by atoms with Gasteiger partial charge in [-0.1, -0.05) is 6.07 Å². The van der Waals surface area contributed by atoms with Crippen LogP contribution in [0.4, 0.5) is 0 Å². The second-order valence-electron chi connectivity index (χ2n) is 4.72. The van der Waals surface area contributed by atoms with E-state index >= 15 is 0 Å². The molecule has 0 saturated carbocycles. The van der Waals surface area contributed by atoms with Gasteiger partial charge >= 0.3 is 0 Å². The van der Waals surface area contributed by atoms with Crippen molar-refractivity contribution < 1.29 is 4.79 Å². The van der Waals surface area contributed by atoms with E-state index in [0.29, 0.717) is 11.4 Å². The molecule has 22 heavy (non-hydrogen) atoms. The number of carbonyl (C=O) groups excluding carboxylic acids is 1. The predicted octanol–water partition coefficient (Wildman–Crippen LogP) is 2.94. The zero-order valence-corrected chi connectivity index (χ0v) is 13.0. The fourth-order valence-electron chi connectivity index (χ4n) is 2.06. The predicted molar refractivity (Wildman–Crippen MR) is 86.7 cm³/mol. The highest BCUT2D eigenvalue weighted by atomic mass is 32.1. The molecule has 0 unspecified atom stereocenters. The van der Waals surface area contributed by atoms with Gasteiger partial charge in [0.25, 0.3) is 5.91 Å². The second kappa shape index (κ2) is 6.03. The molecule has 0 aliphatic heterocycles. The second-order valence-corrected chi connectivity index (χ2v) is 5.57. The molecule has 0 bridgehead atoms. The molecule has 3 rings (SSSR count). The van der Waals surface area contributed by atoms with Gasteiger partial charge in [0.05, 0.1) is 11.4 Å². The fraction of sp³-hybridized carbons (Fsp3) is 0.125. The first-order valence-corrected chi connectivity index (χ1v) is 7.63. The number of rotatable bonds is 3. The summed E-state index contributed by atoms with van der Waals surface area (Å²) >= 11 is 1.50. The molecule has 0 atom stereocenters. The molecule has 0 aliphatic rings. The monoisotopic (exact) mass is 310 g/mol. The van der Waals surface area contributed by atoms with Gasteiger partial charge in [0, 0.05) is 30.4 Å². The Morgan fingerprint density at radius 2 is 2.05 bits per heavy atom. The summed E-state index contributed by atoms with van der Waals surface area (Å²) in [5, 5.41) is 5.33. The molecular weight excluding hydrogens is 296 g/mol. The smallest absolute Gasteiger partial charge is 0.269 e. The van der Waals surface area contributed by atoms with Gasteiger partial charge < -0.3 is 5.32 Å². The van der Waals surface area contributed by atoms with E-state index < -0.39 is 0 Å². The summed E-state index contributed by atoms with van der Waals surface area (Å²) in [5.74, 6) is -0.207. The van der Waals surface area contributed by atoms with Crippen LogP contribution < -0.4 is 5.32 Å². The topological polar surface area (TPSA) is 67.8 Å². The molecule has 0 aliphatic carbocycles. The Kier molecular flexibility index (Phi) is 3.93. The minimum absolute atomic E-state index is 0.207. The number of amides is 1. The third-order valence-electron chi connectivity index (χ3n) is 3.25. The first-order chi connectivity index (χ1) is 10.7. The van der Waals surface area contributed by atoms with E-state index in [9.17, 15) is 4.79 Å². The molecule has 0 spiro atoms. The number of nitrogens with one attached hydrogen (secondary N) is 1. The Balaban J connectivity index is 1.98. The van der Waals surface area contributed by atoms with E-state index in [1.165, 1.54) is 11.3 Å². The molecule has 0 aromatic carbocycles. The van der Waals surface area contributed by atoms with Crippen molar-refractivity contribution in [2.75, 3.05) is 7.05 Å². The van der Waals surface area contributed by atoms with Gasteiger partial charge in [-0.15, -0.1) is 11.3 Å². The highest BCUT2D eigenvalue weighted by molar-refractivity contribution is 7.13. The summed E-state index contributed by atoms with van der Waals surface area (Å²) in [6, 6.07) is 7.30. The van der Waals surface area contributed by atoms with Gasteiger partial charge in [-0.05, 0) is 30.7 Å². The Labute approximate surface area is 132 Å². The van der Waals surface area contributed by atoms with Gasteiger partial charge in [-0.25, -0.2) is 9.97 Å². The maximum Gasteiger partial charge on any atom is 0.269 e. The van der Waals surface area contributed by atoms with Crippen molar-refractivity contribution in [3.8, 4) is 22.0 Å². The standard InChI is InChI=1S/C16H14N4OS/c1-10-6-7-18-8-11(10)14-9-22-16(20-14)13-5-3-4-12(19-13)15(21)17-2/h3-9H,1-2H3,(H,17,21). The van der Waals surface area contributed by atoms with Gasteiger partial charge in [-0.2, -0.15) is 0 Å². The minimum atomic E-state index is -0.207. The average molecular weight is 310 g/mol. The Morgan fingerprint density at radius 3 is 2.82 bits per heavy atom. The zero-order chi connectivity index (χ0) is 15.5. The summed E-state index contributed by atoms with van der Waals surface area (Å²) in [6.07, 6.45) is 3.57. The van der Waals surface area contributed by atoms with E-state index in [1.54, 1.807) is 19.3 Å². The SMILES string of the molecule is CNC(=O)c1cccc(-c2nc(-c3cnccc3C)cs2)n1. The third kappa shape index (κ3) is 2.73. The molecule has 6 heteroatoms. The summed E-state index contributed by atoms with van der Waals surface area (Å²) in [7, 11) is 1.59. The van der Waals surface area contributed by atoms with E-state index in [2.05, 4.69) is 20.3 Å².